The van der Waals surface area contributed by atoms with Crippen LogP contribution < -0.4 is 0 Å². The second-order valence-electron chi connectivity index (χ2n) is 0.519. The van der Waals surface area contributed by atoms with E-state index in [1.165, 1.54) is 0 Å². The average Bonchev–Trinajstić information content (AvgIpc) is 0.811. The maximum absolute atomic E-state index is 9.00. The number of carboxylic acid groups (broad SMARTS) is 1. The van der Waals surface area contributed by atoms with Crippen LogP contribution in [0, 0.1) is 0 Å². The molecule has 1 N–H and O–H groups in total. The van der Waals surface area contributed by atoms with Crippen molar-refractivity contribution in [2.45, 2.75) is 6.92 Å². The van der Waals surface area contributed by atoms with E-state index in [4.69, 9.17) is 9.90 Å². The Balaban J connectivity index is -0.0000000450. The number of rotatable bonds is 0. The molecule has 0 aliphatic carbocycles. The van der Waals surface area contributed by atoms with Crippen molar-refractivity contribution in [1.82, 2.24) is 0 Å². The fourth-order valence-electron chi connectivity index (χ4n) is 0. The summed E-state index contributed by atoms with van der Waals surface area (Å²) in [7, 11) is 0. The Morgan fingerprint density at radius 3 is 1.50 bits per heavy atom. The Bertz CT molecular complexity index is 32.5. The van der Waals surface area contributed by atoms with Crippen LogP contribution in [0.15, 0.2) is 0 Å². The number of hydrogen-bond donors (Lipinski definition) is 1. The van der Waals surface area contributed by atoms with Gasteiger partial charge in [-0.05, 0) is 0 Å². The molecule has 0 rings (SSSR count). The predicted molar refractivity (Wildman–Crippen MR) is 13.3 cm³/mol. The molecule has 0 heterocycles. The first-order chi connectivity index (χ1) is 1.73. The van der Waals surface area contributed by atoms with Gasteiger partial charge < -0.3 is 5.11 Å². The maximum atomic E-state index is 9.00. The molecule has 0 aliphatic rings. The molecule has 0 unspecified atom stereocenters. The Morgan fingerprint density at radius 1 is 1.50 bits per heavy atom. The quantitative estimate of drug-likeness (QED) is 0.547. The normalized spacial score (nSPS) is 4.17. The Hall–Kier alpha value is 0.639. The van der Waals surface area contributed by atoms with Crippen LogP contribution in [0.2, 0.25) is 0 Å². The van der Waals surface area contributed by atoms with Gasteiger partial charge in [0, 0.05) is 44.0 Å². The molecule has 0 saturated heterocycles. The van der Waals surface area contributed by atoms with E-state index in [0.29, 0.717) is 0 Å². The Labute approximate surface area is 60.1 Å². The van der Waals surface area contributed by atoms with Crippen molar-refractivity contribution in [3.8, 4) is 0 Å². The largest absolute Gasteiger partial charge is 0.481 e. The van der Waals surface area contributed by atoms with Crippen molar-refractivity contribution < 1.29 is 47.0 Å². The third-order valence-corrected chi connectivity index (χ3v) is 0. The van der Waals surface area contributed by atoms with Gasteiger partial charge in [0.25, 0.3) is 5.97 Å². The summed E-state index contributed by atoms with van der Waals surface area (Å²) in [6.45, 7) is 1.08. The molecular weight excluding hydrogens is 158 g/mol. The van der Waals surface area contributed by atoms with E-state index in [-0.39, 0.29) is 37.1 Å². The first kappa shape index (κ1) is 15.9. The number of aliphatic carboxylic acids is 1. The standard InChI is InChI=1S/C2H4O2.2V/c1-2(3)4;;/h1H3,(H,3,4);;. The monoisotopic (exact) mass is 162 g/mol. The number of carbonyl (C=O) groups is 1. The fraction of sp³-hybridized carbons (Fsp3) is 0.500. The molecule has 0 bridgehead atoms. The summed E-state index contributed by atoms with van der Waals surface area (Å²) in [6.07, 6.45) is 0. The smallest absolute Gasteiger partial charge is 0.300 e. The summed E-state index contributed by atoms with van der Waals surface area (Å²) in [4.78, 5) is 9.00. The van der Waals surface area contributed by atoms with Crippen LogP contribution in [-0.2, 0) is 41.9 Å². The molecule has 0 aromatic carbocycles. The summed E-state index contributed by atoms with van der Waals surface area (Å²) >= 11 is 0. The molecule has 2 nitrogen and oxygen atoms in total. The van der Waals surface area contributed by atoms with Crippen molar-refractivity contribution in [3.63, 3.8) is 0 Å². The molecule has 0 fully saturated rings. The van der Waals surface area contributed by atoms with Crippen LogP contribution in [0.4, 0.5) is 0 Å². The van der Waals surface area contributed by atoms with Gasteiger partial charge in [0.15, 0.2) is 0 Å². The van der Waals surface area contributed by atoms with Crippen LogP contribution in [0.3, 0.4) is 0 Å². The van der Waals surface area contributed by atoms with Crippen LogP contribution >= 0.6 is 0 Å². The fourth-order valence-corrected chi connectivity index (χ4v) is 0. The molecule has 0 aromatic rings. The van der Waals surface area contributed by atoms with Gasteiger partial charge in [0.1, 0.15) is 0 Å². The average molecular weight is 162 g/mol. The third kappa shape index (κ3) is 151. The first-order valence-electron chi connectivity index (χ1n) is 0.928. The maximum Gasteiger partial charge on any atom is 0.300 e. The van der Waals surface area contributed by atoms with Gasteiger partial charge in [-0.15, -0.1) is 0 Å². The molecule has 2 radical (unpaired) electrons. The van der Waals surface area contributed by atoms with Crippen molar-refractivity contribution in [2.24, 2.45) is 0 Å². The topological polar surface area (TPSA) is 37.3 Å². The van der Waals surface area contributed by atoms with E-state index in [0.717, 1.165) is 6.92 Å². The Morgan fingerprint density at radius 2 is 1.50 bits per heavy atom. The molecule has 0 aliphatic heterocycles. The van der Waals surface area contributed by atoms with E-state index < -0.39 is 5.97 Å². The molecule has 34 valence electrons. The van der Waals surface area contributed by atoms with Crippen LogP contribution in [0.5, 0.6) is 0 Å². The molecule has 6 heavy (non-hydrogen) atoms. The van der Waals surface area contributed by atoms with Crippen molar-refractivity contribution in [1.29, 1.82) is 0 Å². The van der Waals surface area contributed by atoms with E-state index in [9.17, 15) is 0 Å². The van der Waals surface area contributed by atoms with Gasteiger partial charge in [0.05, 0.1) is 0 Å². The molecule has 0 spiro atoms. The minimum absolute atomic E-state index is 0. The summed E-state index contributed by atoms with van der Waals surface area (Å²) in [5.41, 5.74) is 0. The van der Waals surface area contributed by atoms with Crippen LogP contribution in [-0.4, -0.2) is 11.1 Å². The number of carboxylic acids is 1. The summed E-state index contributed by atoms with van der Waals surface area (Å²) in [5, 5.41) is 7.42. The zero-order valence-electron chi connectivity index (χ0n) is 3.25. The Kier molecular flexibility index (Phi) is 24.3. The molecule has 0 saturated carbocycles. The van der Waals surface area contributed by atoms with Crippen LogP contribution in [0.25, 0.3) is 0 Å². The van der Waals surface area contributed by atoms with Crippen molar-refractivity contribution >= 4 is 5.97 Å². The first-order valence-corrected chi connectivity index (χ1v) is 0.928. The van der Waals surface area contributed by atoms with E-state index in [1.54, 1.807) is 0 Å². The van der Waals surface area contributed by atoms with Gasteiger partial charge in [-0.25, -0.2) is 0 Å². The SMILES string of the molecule is CC(=O)O.[V].[V]. The van der Waals surface area contributed by atoms with Gasteiger partial charge in [-0.1, -0.05) is 0 Å². The third-order valence-electron chi connectivity index (χ3n) is 0. The van der Waals surface area contributed by atoms with E-state index >= 15 is 0 Å². The van der Waals surface area contributed by atoms with Gasteiger partial charge in [-0.2, -0.15) is 0 Å². The summed E-state index contributed by atoms with van der Waals surface area (Å²) in [5.74, 6) is -0.833. The minimum Gasteiger partial charge on any atom is -0.481 e. The second-order valence-corrected chi connectivity index (χ2v) is 0.519. The number of hydrogen-bond acceptors (Lipinski definition) is 1. The van der Waals surface area contributed by atoms with Gasteiger partial charge >= 0.3 is 0 Å². The van der Waals surface area contributed by atoms with E-state index in [1.807, 2.05) is 0 Å². The van der Waals surface area contributed by atoms with Crippen LogP contribution in [0.1, 0.15) is 6.92 Å². The zero-order valence-corrected chi connectivity index (χ0v) is 6.04. The zero-order chi connectivity index (χ0) is 3.58. The predicted octanol–water partition coefficient (Wildman–Crippen LogP) is 0.0859. The van der Waals surface area contributed by atoms with Gasteiger partial charge in [-0.3, -0.25) is 4.79 Å². The van der Waals surface area contributed by atoms with Crippen molar-refractivity contribution in [2.75, 3.05) is 0 Å². The minimum atomic E-state index is -0.833. The second kappa shape index (κ2) is 9.16. The van der Waals surface area contributed by atoms with E-state index in [2.05, 4.69) is 0 Å². The van der Waals surface area contributed by atoms with Gasteiger partial charge in [0.2, 0.25) is 0 Å². The summed E-state index contributed by atoms with van der Waals surface area (Å²) in [6, 6.07) is 0. The molecule has 4 heteroatoms. The molecule has 0 amide bonds. The molecule has 0 atom stereocenters. The molecular formula is C2H4O2V2. The van der Waals surface area contributed by atoms with Crippen molar-refractivity contribution in [3.05, 3.63) is 0 Å². The summed E-state index contributed by atoms with van der Waals surface area (Å²) < 4.78 is 0. The molecule has 0 aromatic heterocycles.